The van der Waals surface area contributed by atoms with Crippen molar-refractivity contribution in [3.63, 3.8) is 0 Å². The molecule has 1 aromatic rings. The molecule has 106 valence electrons. The SMILES string of the molecule is CCc1nn(C(C)C)cc1B1OC(C)(C)C(C)(C)O1. The van der Waals surface area contributed by atoms with E-state index in [4.69, 9.17) is 9.31 Å². The van der Waals surface area contributed by atoms with Crippen LogP contribution in [0.5, 0.6) is 0 Å². The van der Waals surface area contributed by atoms with E-state index >= 15 is 0 Å². The minimum atomic E-state index is -0.313. The van der Waals surface area contributed by atoms with Crippen molar-refractivity contribution in [2.45, 2.75) is 72.1 Å². The highest BCUT2D eigenvalue weighted by molar-refractivity contribution is 6.62. The summed E-state index contributed by atoms with van der Waals surface area (Å²) < 4.78 is 14.2. The lowest BCUT2D eigenvalue weighted by molar-refractivity contribution is 0.00578. The summed E-state index contributed by atoms with van der Waals surface area (Å²) in [5.74, 6) is 0. The fourth-order valence-corrected chi connectivity index (χ4v) is 2.15. The summed E-state index contributed by atoms with van der Waals surface area (Å²) in [5.41, 5.74) is 1.52. The van der Waals surface area contributed by atoms with E-state index in [2.05, 4.69) is 59.8 Å². The van der Waals surface area contributed by atoms with Crippen molar-refractivity contribution in [1.29, 1.82) is 0 Å². The predicted molar refractivity (Wildman–Crippen MR) is 77.7 cm³/mol. The molecule has 1 fully saturated rings. The summed E-state index contributed by atoms with van der Waals surface area (Å²) in [6.07, 6.45) is 2.95. The largest absolute Gasteiger partial charge is 0.498 e. The van der Waals surface area contributed by atoms with Crippen molar-refractivity contribution in [2.75, 3.05) is 0 Å². The van der Waals surface area contributed by atoms with Crippen molar-refractivity contribution < 1.29 is 9.31 Å². The molecule has 1 aliphatic heterocycles. The first-order valence-electron chi connectivity index (χ1n) is 7.11. The Morgan fingerprint density at radius 2 is 1.74 bits per heavy atom. The van der Waals surface area contributed by atoms with E-state index < -0.39 is 0 Å². The van der Waals surface area contributed by atoms with Crippen LogP contribution in [0.1, 0.15) is 60.2 Å². The van der Waals surface area contributed by atoms with Gasteiger partial charge in [0.1, 0.15) is 0 Å². The van der Waals surface area contributed by atoms with Crippen LogP contribution in [0, 0.1) is 0 Å². The maximum atomic E-state index is 6.11. The Morgan fingerprint density at radius 3 is 2.16 bits per heavy atom. The second-order valence-corrected chi connectivity index (χ2v) is 6.55. The first-order valence-corrected chi connectivity index (χ1v) is 7.11. The van der Waals surface area contributed by atoms with Gasteiger partial charge in [-0.2, -0.15) is 5.10 Å². The number of hydrogen-bond donors (Lipinski definition) is 0. The fourth-order valence-electron chi connectivity index (χ4n) is 2.15. The van der Waals surface area contributed by atoms with Gasteiger partial charge in [0.15, 0.2) is 0 Å². The Bertz CT molecular complexity index is 450. The zero-order valence-corrected chi connectivity index (χ0v) is 13.2. The van der Waals surface area contributed by atoms with Gasteiger partial charge in [-0.3, -0.25) is 4.68 Å². The summed E-state index contributed by atoms with van der Waals surface area (Å²) in [4.78, 5) is 0. The van der Waals surface area contributed by atoms with Crippen LogP contribution in [0.4, 0.5) is 0 Å². The van der Waals surface area contributed by atoms with Gasteiger partial charge < -0.3 is 9.31 Å². The third kappa shape index (κ3) is 2.46. The molecule has 19 heavy (non-hydrogen) atoms. The van der Waals surface area contributed by atoms with Crippen LogP contribution in [-0.4, -0.2) is 28.1 Å². The second kappa shape index (κ2) is 4.63. The average molecular weight is 264 g/mol. The van der Waals surface area contributed by atoms with E-state index in [-0.39, 0.29) is 18.3 Å². The van der Waals surface area contributed by atoms with Crippen molar-refractivity contribution >= 4 is 12.6 Å². The smallest absolute Gasteiger partial charge is 0.399 e. The highest BCUT2D eigenvalue weighted by Crippen LogP contribution is 2.36. The first-order chi connectivity index (χ1) is 8.68. The molecule has 0 radical (unpaired) electrons. The normalized spacial score (nSPS) is 21.4. The van der Waals surface area contributed by atoms with Gasteiger partial charge in [0.2, 0.25) is 0 Å². The van der Waals surface area contributed by atoms with E-state index in [1.807, 2.05) is 4.68 Å². The van der Waals surface area contributed by atoms with Gasteiger partial charge in [-0.1, -0.05) is 6.92 Å². The molecule has 0 atom stereocenters. The van der Waals surface area contributed by atoms with E-state index in [9.17, 15) is 0 Å². The summed E-state index contributed by atoms with van der Waals surface area (Å²) in [6, 6.07) is 0.349. The molecule has 1 saturated heterocycles. The lowest BCUT2D eigenvalue weighted by Crippen LogP contribution is -2.41. The van der Waals surface area contributed by atoms with Gasteiger partial charge in [0.05, 0.1) is 16.9 Å². The molecule has 2 heterocycles. The number of hydrogen-bond acceptors (Lipinski definition) is 3. The molecular formula is C14H25BN2O2. The number of rotatable bonds is 3. The predicted octanol–water partition coefficient (Wildman–Crippen LogP) is 2.33. The van der Waals surface area contributed by atoms with E-state index in [1.54, 1.807) is 0 Å². The molecule has 0 aromatic carbocycles. The summed E-state index contributed by atoms with van der Waals surface area (Å²) in [5, 5.41) is 4.62. The monoisotopic (exact) mass is 264 g/mol. The van der Waals surface area contributed by atoms with Crippen molar-refractivity contribution in [2.24, 2.45) is 0 Å². The van der Waals surface area contributed by atoms with E-state index in [0.717, 1.165) is 17.6 Å². The molecule has 1 aliphatic rings. The molecule has 5 heteroatoms. The van der Waals surface area contributed by atoms with E-state index in [1.165, 1.54) is 0 Å². The minimum absolute atomic E-state index is 0.303. The van der Waals surface area contributed by atoms with Gasteiger partial charge >= 0.3 is 7.12 Å². The van der Waals surface area contributed by atoms with Crippen LogP contribution >= 0.6 is 0 Å². The Labute approximate surface area is 116 Å². The quantitative estimate of drug-likeness (QED) is 0.786. The molecule has 0 unspecified atom stereocenters. The summed E-state index contributed by atoms with van der Waals surface area (Å²) in [6.45, 7) is 14.7. The highest BCUT2D eigenvalue weighted by atomic mass is 16.7. The Balaban J connectivity index is 2.33. The number of nitrogens with zero attached hydrogens (tertiary/aromatic N) is 2. The molecule has 0 N–H and O–H groups in total. The Kier molecular flexibility index (Phi) is 3.56. The standard InChI is InChI=1S/C14H25BN2O2/c1-8-12-11(9-17(16-12)10(2)3)15-18-13(4,5)14(6,7)19-15/h9-10H,8H2,1-7H3. The Morgan fingerprint density at radius 1 is 1.21 bits per heavy atom. The maximum absolute atomic E-state index is 6.11. The summed E-state index contributed by atoms with van der Waals surface area (Å²) in [7, 11) is -0.313. The molecule has 0 aliphatic carbocycles. The van der Waals surface area contributed by atoms with Crippen molar-refractivity contribution in [3.8, 4) is 0 Å². The van der Waals surface area contributed by atoms with Crippen LogP contribution in [0.3, 0.4) is 0 Å². The Hall–Kier alpha value is -0.805. The van der Waals surface area contributed by atoms with Gasteiger partial charge in [-0.05, 0) is 48.0 Å². The summed E-state index contributed by atoms with van der Waals surface area (Å²) >= 11 is 0. The van der Waals surface area contributed by atoms with Gasteiger partial charge in [0, 0.05) is 17.7 Å². The molecule has 0 amide bonds. The minimum Gasteiger partial charge on any atom is -0.399 e. The van der Waals surface area contributed by atoms with Crippen molar-refractivity contribution in [3.05, 3.63) is 11.9 Å². The maximum Gasteiger partial charge on any atom is 0.498 e. The molecular weight excluding hydrogens is 239 g/mol. The molecule has 0 spiro atoms. The van der Waals surface area contributed by atoms with Gasteiger partial charge in [-0.15, -0.1) is 0 Å². The van der Waals surface area contributed by atoms with Crippen molar-refractivity contribution in [1.82, 2.24) is 9.78 Å². The third-order valence-corrected chi connectivity index (χ3v) is 4.21. The van der Waals surface area contributed by atoms with Crippen LogP contribution < -0.4 is 5.46 Å². The molecule has 0 saturated carbocycles. The lowest BCUT2D eigenvalue weighted by Gasteiger charge is -2.32. The molecule has 0 bridgehead atoms. The van der Waals surface area contributed by atoms with Crippen LogP contribution in [0.2, 0.25) is 0 Å². The molecule has 1 aromatic heterocycles. The zero-order valence-electron chi connectivity index (χ0n) is 13.2. The zero-order chi connectivity index (χ0) is 14.4. The lowest BCUT2D eigenvalue weighted by atomic mass is 9.79. The van der Waals surface area contributed by atoms with E-state index in [0.29, 0.717) is 6.04 Å². The number of aryl methyl sites for hydroxylation is 1. The first kappa shape index (κ1) is 14.6. The average Bonchev–Trinajstić information content (AvgIpc) is 2.78. The highest BCUT2D eigenvalue weighted by Gasteiger charge is 2.52. The number of aromatic nitrogens is 2. The van der Waals surface area contributed by atoms with Crippen LogP contribution in [-0.2, 0) is 15.7 Å². The topological polar surface area (TPSA) is 36.3 Å². The fraction of sp³-hybridized carbons (Fsp3) is 0.786. The molecule has 2 rings (SSSR count). The van der Waals surface area contributed by atoms with Gasteiger partial charge in [-0.25, -0.2) is 0 Å². The van der Waals surface area contributed by atoms with Crippen LogP contribution in [0.15, 0.2) is 6.20 Å². The van der Waals surface area contributed by atoms with Gasteiger partial charge in [0.25, 0.3) is 0 Å². The third-order valence-electron chi connectivity index (χ3n) is 4.21. The second-order valence-electron chi connectivity index (χ2n) is 6.55. The van der Waals surface area contributed by atoms with Crippen LogP contribution in [0.25, 0.3) is 0 Å². The molecule has 4 nitrogen and oxygen atoms in total.